The van der Waals surface area contributed by atoms with Crippen molar-refractivity contribution in [2.75, 3.05) is 11.9 Å². The summed E-state index contributed by atoms with van der Waals surface area (Å²) in [7, 11) is 0. The van der Waals surface area contributed by atoms with Gasteiger partial charge in [-0.2, -0.15) is 0 Å². The van der Waals surface area contributed by atoms with Gasteiger partial charge in [0.15, 0.2) is 0 Å². The maximum absolute atomic E-state index is 12.9. The molecule has 78 valence electrons. The van der Waals surface area contributed by atoms with E-state index in [1.807, 2.05) is 0 Å². The van der Waals surface area contributed by atoms with Gasteiger partial charge in [-0.05, 0) is 37.1 Å². The normalized spacial score (nSPS) is 12.6. The predicted molar refractivity (Wildman–Crippen MR) is 54.8 cm³/mol. The monoisotopic (exact) mass is 199 g/mol. The molecule has 0 aliphatic heterocycles. The minimum Gasteiger partial charge on any atom is -0.382 e. The summed E-state index contributed by atoms with van der Waals surface area (Å²) in [6, 6.07) is 4.68. The summed E-state index contributed by atoms with van der Waals surface area (Å²) < 4.78 is 25.7. The molecular formula is C11H15F2N. The third-order valence-electron chi connectivity index (χ3n) is 2.13. The van der Waals surface area contributed by atoms with Crippen molar-refractivity contribution in [2.24, 2.45) is 0 Å². The summed E-state index contributed by atoms with van der Waals surface area (Å²) in [5.74, 6) is -0.233. The number of aryl methyl sites for hydroxylation is 1. The Hall–Kier alpha value is -1.12. The second kappa shape index (κ2) is 4.94. The molecule has 0 fully saturated rings. The van der Waals surface area contributed by atoms with Crippen LogP contribution in [0.2, 0.25) is 0 Å². The van der Waals surface area contributed by atoms with E-state index in [1.165, 1.54) is 6.07 Å². The molecule has 0 heterocycles. The van der Waals surface area contributed by atoms with Gasteiger partial charge < -0.3 is 5.32 Å². The molecule has 1 unspecified atom stereocenters. The Morgan fingerprint density at radius 1 is 1.43 bits per heavy atom. The van der Waals surface area contributed by atoms with Crippen molar-refractivity contribution in [2.45, 2.75) is 26.4 Å². The maximum atomic E-state index is 12.9. The van der Waals surface area contributed by atoms with Gasteiger partial charge in [0.2, 0.25) is 0 Å². The third-order valence-corrected chi connectivity index (χ3v) is 2.13. The fraction of sp³-hybridized carbons (Fsp3) is 0.455. The van der Waals surface area contributed by atoms with Gasteiger partial charge in [-0.25, -0.2) is 8.78 Å². The fourth-order valence-electron chi connectivity index (χ4n) is 1.13. The molecule has 0 aliphatic carbocycles. The second-order valence-corrected chi connectivity index (χ2v) is 3.35. The minimum atomic E-state index is -0.847. The van der Waals surface area contributed by atoms with E-state index in [4.69, 9.17) is 0 Å². The van der Waals surface area contributed by atoms with E-state index < -0.39 is 6.17 Å². The summed E-state index contributed by atoms with van der Waals surface area (Å²) in [4.78, 5) is 0. The van der Waals surface area contributed by atoms with E-state index in [1.54, 1.807) is 26.0 Å². The van der Waals surface area contributed by atoms with Crippen LogP contribution in [0.3, 0.4) is 0 Å². The summed E-state index contributed by atoms with van der Waals surface area (Å²) in [6.07, 6.45) is -0.354. The standard InChI is InChI=1S/C11H15F2N/c1-3-9(12)7-14-10-4-5-11(13)8(2)6-10/h4-6,9,14H,3,7H2,1-2H3. The first-order chi connectivity index (χ1) is 6.63. The molecule has 1 aromatic carbocycles. The van der Waals surface area contributed by atoms with Gasteiger partial charge in [0.05, 0.1) is 0 Å². The number of benzene rings is 1. The third kappa shape index (κ3) is 2.98. The molecule has 0 aliphatic rings. The Labute approximate surface area is 83.1 Å². The lowest BCUT2D eigenvalue weighted by Gasteiger charge is -2.09. The molecule has 0 spiro atoms. The molecule has 0 aromatic heterocycles. The van der Waals surface area contributed by atoms with Gasteiger partial charge in [0.25, 0.3) is 0 Å². The Kier molecular flexibility index (Phi) is 3.86. The van der Waals surface area contributed by atoms with E-state index in [9.17, 15) is 8.78 Å². The molecule has 1 atom stereocenters. The van der Waals surface area contributed by atoms with Gasteiger partial charge in [0, 0.05) is 12.2 Å². The highest BCUT2D eigenvalue weighted by Crippen LogP contribution is 2.13. The highest BCUT2D eigenvalue weighted by atomic mass is 19.1. The lowest BCUT2D eigenvalue weighted by atomic mass is 10.2. The summed E-state index contributed by atoms with van der Waals surface area (Å²) >= 11 is 0. The summed E-state index contributed by atoms with van der Waals surface area (Å²) in [5.41, 5.74) is 1.34. The van der Waals surface area contributed by atoms with Crippen molar-refractivity contribution < 1.29 is 8.78 Å². The molecule has 0 saturated heterocycles. The highest BCUT2D eigenvalue weighted by Gasteiger charge is 2.03. The summed E-state index contributed by atoms with van der Waals surface area (Å²) in [5, 5.41) is 2.92. The Morgan fingerprint density at radius 3 is 2.71 bits per heavy atom. The maximum Gasteiger partial charge on any atom is 0.126 e. The van der Waals surface area contributed by atoms with Crippen LogP contribution in [0.1, 0.15) is 18.9 Å². The van der Waals surface area contributed by atoms with E-state index >= 15 is 0 Å². The SMILES string of the molecule is CCC(F)CNc1ccc(F)c(C)c1. The van der Waals surface area contributed by atoms with Crippen molar-refractivity contribution in [3.8, 4) is 0 Å². The van der Waals surface area contributed by atoms with E-state index in [0.29, 0.717) is 12.0 Å². The Balaban J connectivity index is 2.55. The Morgan fingerprint density at radius 2 is 2.14 bits per heavy atom. The molecule has 1 aromatic rings. The van der Waals surface area contributed by atoms with Crippen molar-refractivity contribution in [1.29, 1.82) is 0 Å². The predicted octanol–water partition coefficient (Wildman–Crippen LogP) is 3.29. The van der Waals surface area contributed by atoms with Gasteiger partial charge in [-0.3, -0.25) is 0 Å². The first kappa shape index (κ1) is 11.0. The molecule has 14 heavy (non-hydrogen) atoms. The smallest absolute Gasteiger partial charge is 0.126 e. The molecule has 1 rings (SSSR count). The van der Waals surface area contributed by atoms with Crippen LogP contribution in [0.5, 0.6) is 0 Å². The van der Waals surface area contributed by atoms with Crippen LogP contribution in [-0.4, -0.2) is 12.7 Å². The Bertz CT molecular complexity index is 299. The number of rotatable bonds is 4. The number of hydrogen-bond donors (Lipinski definition) is 1. The van der Waals surface area contributed by atoms with Gasteiger partial charge in [-0.15, -0.1) is 0 Å². The topological polar surface area (TPSA) is 12.0 Å². The van der Waals surface area contributed by atoms with Crippen LogP contribution in [0, 0.1) is 12.7 Å². The largest absolute Gasteiger partial charge is 0.382 e. The molecule has 0 radical (unpaired) electrons. The minimum absolute atomic E-state index is 0.233. The fourth-order valence-corrected chi connectivity index (χ4v) is 1.13. The van der Waals surface area contributed by atoms with Crippen LogP contribution < -0.4 is 5.32 Å². The van der Waals surface area contributed by atoms with Crippen molar-refractivity contribution in [3.05, 3.63) is 29.6 Å². The quantitative estimate of drug-likeness (QED) is 0.784. The second-order valence-electron chi connectivity index (χ2n) is 3.35. The molecule has 3 heteroatoms. The van der Waals surface area contributed by atoms with Gasteiger partial charge in [-0.1, -0.05) is 6.92 Å². The number of anilines is 1. The summed E-state index contributed by atoms with van der Waals surface area (Å²) in [6.45, 7) is 3.76. The van der Waals surface area contributed by atoms with E-state index in [0.717, 1.165) is 5.69 Å². The molecule has 1 nitrogen and oxygen atoms in total. The molecule has 1 N–H and O–H groups in total. The molecule has 0 amide bonds. The van der Waals surface area contributed by atoms with Gasteiger partial charge in [0.1, 0.15) is 12.0 Å². The zero-order valence-electron chi connectivity index (χ0n) is 8.48. The van der Waals surface area contributed by atoms with Crippen LogP contribution in [0.25, 0.3) is 0 Å². The average molecular weight is 199 g/mol. The highest BCUT2D eigenvalue weighted by molar-refractivity contribution is 5.45. The first-order valence-corrected chi connectivity index (χ1v) is 4.77. The van der Waals surface area contributed by atoms with Crippen molar-refractivity contribution >= 4 is 5.69 Å². The average Bonchev–Trinajstić information content (AvgIpc) is 2.19. The molecular weight excluding hydrogens is 184 g/mol. The lowest BCUT2D eigenvalue weighted by molar-refractivity contribution is 0.340. The van der Waals surface area contributed by atoms with E-state index in [-0.39, 0.29) is 12.4 Å². The number of nitrogens with one attached hydrogen (secondary N) is 1. The van der Waals surface area contributed by atoms with Crippen LogP contribution in [-0.2, 0) is 0 Å². The zero-order valence-corrected chi connectivity index (χ0v) is 8.48. The number of halogens is 2. The van der Waals surface area contributed by atoms with Gasteiger partial charge >= 0.3 is 0 Å². The number of alkyl halides is 1. The van der Waals surface area contributed by atoms with Crippen molar-refractivity contribution in [1.82, 2.24) is 0 Å². The van der Waals surface area contributed by atoms with Crippen molar-refractivity contribution in [3.63, 3.8) is 0 Å². The molecule has 0 bridgehead atoms. The van der Waals surface area contributed by atoms with Crippen LogP contribution in [0.4, 0.5) is 14.5 Å². The zero-order chi connectivity index (χ0) is 10.6. The van der Waals surface area contributed by atoms with E-state index in [2.05, 4.69) is 5.32 Å². The lowest BCUT2D eigenvalue weighted by Crippen LogP contribution is -2.14. The van der Waals surface area contributed by atoms with Crippen LogP contribution >= 0.6 is 0 Å². The van der Waals surface area contributed by atoms with Crippen LogP contribution in [0.15, 0.2) is 18.2 Å². The number of hydrogen-bond acceptors (Lipinski definition) is 1. The first-order valence-electron chi connectivity index (χ1n) is 4.77. The molecule has 0 saturated carbocycles.